The molecule has 2 aromatic rings. The Bertz CT molecular complexity index is 686. The summed E-state index contributed by atoms with van der Waals surface area (Å²) in [4.78, 5) is 0. The Hall–Kier alpha value is -2.27. The lowest BCUT2D eigenvalue weighted by atomic mass is 10.1. The molecule has 0 bridgehead atoms. The van der Waals surface area contributed by atoms with Crippen LogP contribution >= 0.6 is 12.2 Å². The van der Waals surface area contributed by atoms with Crippen LogP contribution in [0.2, 0.25) is 0 Å². The Labute approximate surface area is 136 Å². The average Bonchev–Trinajstić information content (AvgIpc) is 2.51. The van der Waals surface area contributed by atoms with E-state index in [1.807, 2.05) is 50.2 Å². The first-order valence-electron chi connectivity index (χ1n) is 6.91. The topological polar surface area (TPSA) is 42.5 Å². The van der Waals surface area contributed by atoms with Gasteiger partial charge in [0.2, 0.25) is 0 Å². The number of nitrogens with one attached hydrogen (secondary N) is 2. The van der Waals surface area contributed by atoms with Gasteiger partial charge in [0.25, 0.3) is 0 Å². The van der Waals surface area contributed by atoms with E-state index in [9.17, 15) is 0 Å². The van der Waals surface area contributed by atoms with Gasteiger partial charge in [-0.1, -0.05) is 18.2 Å². The quantitative estimate of drug-likeness (QED) is 0.830. The van der Waals surface area contributed by atoms with Gasteiger partial charge in [-0.25, -0.2) is 0 Å². The molecule has 0 aliphatic heterocycles. The minimum Gasteiger partial charge on any atom is -0.493 e. The van der Waals surface area contributed by atoms with Gasteiger partial charge in [-0.05, 0) is 49.3 Å². The molecule has 5 heteroatoms. The van der Waals surface area contributed by atoms with E-state index < -0.39 is 0 Å². The predicted molar refractivity (Wildman–Crippen MR) is 95.3 cm³/mol. The van der Waals surface area contributed by atoms with E-state index in [1.165, 1.54) is 0 Å². The molecule has 0 saturated heterocycles. The van der Waals surface area contributed by atoms with E-state index in [1.54, 1.807) is 14.2 Å². The van der Waals surface area contributed by atoms with Crippen LogP contribution in [-0.2, 0) is 0 Å². The van der Waals surface area contributed by atoms with Gasteiger partial charge in [0.05, 0.1) is 14.2 Å². The van der Waals surface area contributed by atoms with Gasteiger partial charge >= 0.3 is 0 Å². The van der Waals surface area contributed by atoms with Crippen molar-refractivity contribution in [1.82, 2.24) is 0 Å². The Morgan fingerprint density at radius 2 is 1.45 bits per heavy atom. The van der Waals surface area contributed by atoms with Crippen LogP contribution in [0.25, 0.3) is 0 Å². The fourth-order valence-corrected chi connectivity index (χ4v) is 2.32. The van der Waals surface area contributed by atoms with E-state index in [4.69, 9.17) is 21.7 Å². The molecule has 0 aliphatic rings. The van der Waals surface area contributed by atoms with E-state index in [0.29, 0.717) is 16.6 Å². The largest absolute Gasteiger partial charge is 0.493 e. The molecule has 0 aliphatic carbocycles. The van der Waals surface area contributed by atoms with E-state index in [-0.39, 0.29) is 0 Å². The second-order valence-electron chi connectivity index (χ2n) is 4.92. The maximum absolute atomic E-state index is 5.38. The zero-order valence-electron chi connectivity index (χ0n) is 13.2. The monoisotopic (exact) mass is 316 g/mol. The summed E-state index contributed by atoms with van der Waals surface area (Å²) in [5.41, 5.74) is 4.02. The number of rotatable bonds is 4. The van der Waals surface area contributed by atoms with Gasteiger partial charge in [0.15, 0.2) is 16.6 Å². The van der Waals surface area contributed by atoms with Gasteiger partial charge in [-0.2, -0.15) is 0 Å². The highest BCUT2D eigenvalue weighted by atomic mass is 32.1. The fraction of sp³-hybridized carbons (Fsp3) is 0.235. The lowest BCUT2D eigenvalue weighted by Crippen LogP contribution is -2.20. The highest BCUT2D eigenvalue weighted by molar-refractivity contribution is 7.80. The van der Waals surface area contributed by atoms with Crippen LogP contribution in [-0.4, -0.2) is 19.3 Å². The molecule has 0 fully saturated rings. The van der Waals surface area contributed by atoms with Gasteiger partial charge in [-0.3, -0.25) is 0 Å². The van der Waals surface area contributed by atoms with E-state index in [2.05, 4.69) is 10.6 Å². The Morgan fingerprint density at radius 1 is 0.864 bits per heavy atom. The van der Waals surface area contributed by atoms with Crippen LogP contribution in [0.4, 0.5) is 11.4 Å². The molecule has 0 saturated carbocycles. The van der Waals surface area contributed by atoms with Gasteiger partial charge in [-0.15, -0.1) is 0 Å². The van der Waals surface area contributed by atoms with Crippen molar-refractivity contribution in [3.8, 4) is 11.5 Å². The van der Waals surface area contributed by atoms with E-state index >= 15 is 0 Å². The van der Waals surface area contributed by atoms with Crippen molar-refractivity contribution in [3.05, 3.63) is 47.5 Å². The van der Waals surface area contributed by atoms with Crippen LogP contribution in [0, 0.1) is 13.8 Å². The van der Waals surface area contributed by atoms with Crippen LogP contribution < -0.4 is 20.1 Å². The third-order valence-corrected chi connectivity index (χ3v) is 3.58. The molecular formula is C17H20N2O2S. The smallest absolute Gasteiger partial charge is 0.175 e. The molecule has 0 unspecified atom stereocenters. The lowest BCUT2D eigenvalue weighted by molar-refractivity contribution is 0.355. The number of methoxy groups -OCH3 is 2. The van der Waals surface area contributed by atoms with Crippen LogP contribution in [0.1, 0.15) is 11.1 Å². The number of thiocarbonyl (C=S) groups is 1. The number of para-hydroxylation sites is 1. The average molecular weight is 316 g/mol. The zero-order chi connectivity index (χ0) is 16.1. The second kappa shape index (κ2) is 7.13. The molecule has 4 nitrogen and oxygen atoms in total. The Balaban J connectivity index is 2.16. The molecule has 0 spiro atoms. The van der Waals surface area contributed by atoms with Crippen molar-refractivity contribution in [1.29, 1.82) is 0 Å². The molecule has 0 atom stereocenters. The van der Waals surface area contributed by atoms with Crippen molar-refractivity contribution in [2.75, 3.05) is 24.9 Å². The minimum absolute atomic E-state index is 0.532. The van der Waals surface area contributed by atoms with Gasteiger partial charge < -0.3 is 20.1 Å². The molecule has 2 N–H and O–H groups in total. The number of benzene rings is 2. The maximum Gasteiger partial charge on any atom is 0.175 e. The molecule has 0 amide bonds. The van der Waals surface area contributed by atoms with Gasteiger partial charge in [0.1, 0.15) is 0 Å². The summed E-state index contributed by atoms with van der Waals surface area (Å²) in [6.07, 6.45) is 0. The minimum atomic E-state index is 0.532. The third-order valence-electron chi connectivity index (χ3n) is 3.37. The first-order chi connectivity index (χ1) is 10.5. The SMILES string of the molecule is COc1cc(C)c(NC(=S)Nc2ccccc2C)cc1OC. The molecule has 0 aromatic heterocycles. The van der Waals surface area contributed by atoms with Crippen molar-refractivity contribution in [3.63, 3.8) is 0 Å². The summed E-state index contributed by atoms with van der Waals surface area (Å²) in [6, 6.07) is 11.8. The zero-order valence-corrected chi connectivity index (χ0v) is 14.0. The summed E-state index contributed by atoms with van der Waals surface area (Å²) in [7, 11) is 3.23. The summed E-state index contributed by atoms with van der Waals surface area (Å²) in [6.45, 7) is 4.02. The predicted octanol–water partition coefficient (Wildman–Crippen LogP) is 4.13. The number of ether oxygens (including phenoxy) is 2. The molecule has 116 valence electrons. The first kappa shape index (κ1) is 16.1. The molecule has 2 aromatic carbocycles. The summed E-state index contributed by atoms with van der Waals surface area (Å²) in [5.74, 6) is 1.36. The Kier molecular flexibility index (Phi) is 5.22. The third kappa shape index (κ3) is 3.68. The summed E-state index contributed by atoms with van der Waals surface area (Å²) >= 11 is 5.38. The first-order valence-corrected chi connectivity index (χ1v) is 7.32. The van der Waals surface area contributed by atoms with Crippen molar-refractivity contribution in [2.24, 2.45) is 0 Å². The lowest BCUT2D eigenvalue weighted by Gasteiger charge is -2.16. The number of hydrogen-bond acceptors (Lipinski definition) is 3. The number of aryl methyl sites for hydroxylation is 2. The highest BCUT2D eigenvalue weighted by Gasteiger charge is 2.10. The molecular weight excluding hydrogens is 296 g/mol. The van der Waals surface area contributed by atoms with Crippen molar-refractivity contribution < 1.29 is 9.47 Å². The van der Waals surface area contributed by atoms with Crippen molar-refractivity contribution in [2.45, 2.75) is 13.8 Å². The molecule has 2 rings (SSSR count). The summed E-state index contributed by atoms with van der Waals surface area (Å²) < 4.78 is 10.6. The highest BCUT2D eigenvalue weighted by Crippen LogP contribution is 2.33. The second-order valence-corrected chi connectivity index (χ2v) is 5.32. The van der Waals surface area contributed by atoms with Gasteiger partial charge in [0, 0.05) is 17.4 Å². The van der Waals surface area contributed by atoms with Crippen LogP contribution in [0.5, 0.6) is 11.5 Å². The number of hydrogen-bond donors (Lipinski definition) is 2. The standard InChI is InChI=1S/C17H20N2O2S/c1-11-7-5-6-8-13(11)18-17(22)19-14-10-16(21-4)15(20-3)9-12(14)2/h5-10H,1-4H3,(H2,18,19,22). The number of anilines is 2. The van der Waals surface area contributed by atoms with E-state index in [0.717, 1.165) is 22.5 Å². The Morgan fingerprint density at radius 3 is 2.09 bits per heavy atom. The van der Waals surface area contributed by atoms with Crippen LogP contribution in [0.3, 0.4) is 0 Å². The van der Waals surface area contributed by atoms with Crippen molar-refractivity contribution >= 4 is 28.7 Å². The normalized spacial score (nSPS) is 10.0. The summed E-state index contributed by atoms with van der Waals surface area (Å²) in [5, 5.41) is 6.93. The molecule has 0 radical (unpaired) electrons. The fourth-order valence-electron chi connectivity index (χ4n) is 2.10. The molecule has 0 heterocycles. The van der Waals surface area contributed by atoms with Crippen LogP contribution in [0.15, 0.2) is 36.4 Å². The maximum atomic E-state index is 5.38. The molecule has 22 heavy (non-hydrogen) atoms.